The van der Waals surface area contributed by atoms with Gasteiger partial charge in [-0.25, -0.2) is 4.57 Å². The number of hydrogen-bond acceptors (Lipinski definition) is 3. The van der Waals surface area contributed by atoms with E-state index in [1.54, 1.807) is 25.1 Å². The van der Waals surface area contributed by atoms with Gasteiger partial charge in [-0.05, 0) is 23.6 Å². The van der Waals surface area contributed by atoms with E-state index in [0.29, 0.717) is 5.56 Å². The summed E-state index contributed by atoms with van der Waals surface area (Å²) in [5.41, 5.74) is 0.580. The molecule has 0 bridgehead atoms. The van der Waals surface area contributed by atoms with E-state index in [2.05, 4.69) is 11.1 Å². The average molecular weight is 270 g/mol. The summed E-state index contributed by atoms with van der Waals surface area (Å²) < 4.78 is 15.4. The first-order valence-corrected chi connectivity index (χ1v) is 6.86. The summed E-state index contributed by atoms with van der Waals surface area (Å²) in [6.45, 7) is 5.16. The molecule has 0 saturated heterocycles. The van der Waals surface area contributed by atoms with Crippen LogP contribution in [0.1, 0.15) is 24.8 Å². The maximum absolute atomic E-state index is 11.3. The smallest absolute Gasteiger partial charge is 0.404 e. The topological polar surface area (TPSA) is 83.8 Å². The van der Waals surface area contributed by atoms with Crippen molar-refractivity contribution in [2.24, 2.45) is 0 Å². The predicted octanol–water partition coefficient (Wildman–Crippen LogP) is 2.41. The minimum Gasteiger partial charge on any atom is -0.404 e. The van der Waals surface area contributed by atoms with Gasteiger partial charge in [-0.2, -0.15) is 0 Å². The van der Waals surface area contributed by atoms with Gasteiger partial charge in [0.2, 0.25) is 0 Å². The van der Waals surface area contributed by atoms with Crippen LogP contribution in [0.2, 0.25) is 0 Å². The Morgan fingerprint density at radius 2 is 2.11 bits per heavy atom. The SMILES string of the molecule is C=CC(=O)CC(C)c1ccccc1OP(=O)(O)O. The van der Waals surface area contributed by atoms with Gasteiger partial charge < -0.3 is 4.52 Å². The van der Waals surface area contributed by atoms with Gasteiger partial charge in [0.1, 0.15) is 5.75 Å². The second-order valence-corrected chi connectivity index (χ2v) is 5.06. The Morgan fingerprint density at radius 3 is 2.67 bits per heavy atom. The maximum Gasteiger partial charge on any atom is 0.524 e. The highest BCUT2D eigenvalue weighted by atomic mass is 31.2. The molecule has 0 aromatic heterocycles. The van der Waals surface area contributed by atoms with Crippen molar-refractivity contribution >= 4 is 13.6 Å². The number of carbonyl (C=O) groups excluding carboxylic acids is 1. The van der Waals surface area contributed by atoms with Crippen molar-refractivity contribution < 1.29 is 23.7 Å². The Hall–Kier alpha value is -1.42. The van der Waals surface area contributed by atoms with E-state index in [1.807, 2.05) is 0 Å². The zero-order chi connectivity index (χ0) is 13.8. The zero-order valence-corrected chi connectivity index (χ0v) is 10.8. The molecule has 1 aromatic carbocycles. The lowest BCUT2D eigenvalue weighted by atomic mass is 9.95. The molecule has 1 unspecified atom stereocenters. The fourth-order valence-corrected chi connectivity index (χ4v) is 2.02. The van der Waals surface area contributed by atoms with E-state index < -0.39 is 7.82 Å². The van der Waals surface area contributed by atoms with Crippen LogP contribution >= 0.6 is 7.82 Å². The Morgan fingerprint density at radius 1 is 1.50 bits per heavy atom. The Bertz CT molecular complexity index is 491. The normalized spacial score (nSPS) is 12.8. The first-order chi connectivity index (χ1) is 8.33. The van der Waals surface area contributed by atoms with E-state index in [0.717, 1.165) is 0 Å². The fourth-order valence-electron chi connectivity index (χ4n) is 1.59. The minimum atomic E-state index is -4.60. The number of ketones is 1. The van der Waals surface area contributed by atoms with Crippen LogP contribution in [0.15, 0.2) is 36.9 Å². The number of rotatable bonds is 6. The van der Waals surface area contributed by atoms with Crippen molar-refractivity contribution in [3.8, 4) is 5.75 Å². The van der Waals surface area contributed by atoms with Crippen LogP contribution in [0.4, 0.5) is 0 Å². The van der Waals surface area contributed by atoms with E-state index in [-0.39, 0.29) is 23.9 Å². The summed E-state index contributed by atoms with van der Waals surface area (Å²) in [6.07, 6.45) is 1.44. The van der Waals surface area contributed by atoms with Crippen molar-refractivity contribution in [3.05, 3.63) is 42.5 Å². The Balaban J connectivity index is 2.97. The van der Waals surface area contributed by atoms with E-state index in [9.17, 15) is 9.36 Å². The highest BCUT2D eigenvalue weighted by Gasteiger charge is 2.20. The van der Waals surface area contributed by atoms with Crippen LogP contribution in [0.5, 0.6) is 5.75 Å². The summed E-state index contributed by atoms with van der Waals surface area (Å²) in [4.78, 5) is 28.9. The lowest BCUT2D eigenvalue weighted by molar-refractivity contribution is -0.114. The summed E-state index contributed by atoms with van der Waals surface area (Å²) >= 11 is 0. The molecule has 0 saturated carbocycles. The maximum atomic E-state index is 11.3. The van der Waals surface area contributed by atoms with Gasteiger partial charge in [0, 0.05) is 6.42 Å². The largest absolute Gasteiger partial charge is 0.524 e. The van der Waals surface area contributed by atoms with Crippen LogP contribution in [0.25, 0.3) is 0 Å². The van der Waals surface area contributed by atoms with Gasteiger partial charge in [-0.3, -0.25) is 14.6 Å². The number of benzene rings is 1. The zero-order valence-electron chi connectivity index (χ0n) is 9.94. The van der Waals surface area contributed by atoms with Crippen molar-refractivity contribution in [1.82, 2.24) is 0 Å². The molecule has 18 heavy (non-hydrogen) atoms. The number of carbonyl (C=O) groups is 1. The molecule has 5 nitrogen and oxygen atoms in total. The molecule has 0 spiro atoms. The number of phosphoric ester groups is 1. The summed E-state index contributed by atoms with van der Waals surface area (Å²) in [5, 5.41) is 0. The highest BCUT2D eigenvalue weighted by Crippen LogP contribution is 2.41. The van der Waals surface area contributed by atoms with Gasteiger partial charge in [0.05, 0.1) is 0 Å². The van der Waals surface area contributed by atoms with E-state index in [4.69, 9.17) is 9.79 Å². The summed E-state index contributed by atoms with van der Waals surface area (Å²) in [7, 11) is -4.60. The number of phosphoric acid groups is 1. The lowest BCUT2D eigenvalue weighted by Crippen LogP contribution is -2.03. The molecule has 1 atom stereocenters. The molecule has 98 valence electrons. The fraction of sp³-hybridized carbons (Fsp3) is 0.250. The predicted molar refractivity (Wildman–Crippen MR) is 67.4 cm³/mol. The average Bonchev–Trinajstić information content (AvgIpc) is 2.27. The van der Waals surface area contributed by atoms with Crippen molar-refractivity contribution in [2.45, 2.75) is 19.3 Å². The van der Waals surface area contributed by atoms with Gasteiger partial charge in [-0.1, -0.05) is 31.7 Å². The third kappa shape index (κ3) is 4.45. The van der Waals surface area contributed by atoms with E-state index >= 15 is 0 Å². The third-order valence-corrected chi connectivity index (χ3v) is 2.84. The summed E-state index contributed by atoms with van der Waals surface area (Å²) in [5.74, 6) is -0.248. The first-order valence-electron chi connectivity index (χ1n) is 5.33. The van der Waals surface area contributed by atoms with Crippen molar-refractivity contribution in [1.29, 1.82) is 0 Å². The van der Waals surface area contributed by atoms with Crippen LogP contribution in [0.3, 0.4) is 0 Å². The Labute approximate surface area is 105 Å². The minimum absolute atomic E-state index is 0.0928. The number of allylic oxidation sites excluding steroid dienone is 1. The first kappa shape index (κ1) is 14.6. The molecule has 0 aliphatic heterocycles. The van der Waals surface area contributed by atoms with E-state index in [1.165, 1.54) is 12.1 Å². The third-order valence-electron chi connectivity index (χ3n) is 2.40. The molecule has 0 heterocycles. The number of para-hydroxylation sites is 1. The second-order valence-electron chi connectivity index (χ2n) is 3.90. The molecule has 6 heteroatoms. The molecule has 1 rings (SSSR count). The standard InChI is InChI=1S/C12H15O5P/c1-3-10(13)8-9(2)11-6-4-5-7-12(11)17-18(14,15)16/h3-7,9H,1,8H2,2H3,(H2,14,15,16). The van der Waals surface area contributed by atoms with Gasteiger partial charge >= 0.3 is 7.82 Å². The molecule has 1 aromatic rings. The van der Waals surface area contributed by atoms with Crippen LogP contribution in [-0.2, 0) is 9.36 Å². The molecule has 0 amide bonds. The highest BCUT2D eigenvalue weighted by molar-refractivity contribution is 7.46. The van der Waals surface area contributed by atoms with Crippen molar-refractivity contribution in [2.75, 3.05) is 0 Å². The molecule has 0 radical (unpaired) electrons. The molecule has 0 fully saturated rings. The van der Waals surface area contributed by atoms with Gasteiger partial charge in [0.25, 0.3) is 0 Å². The van der Waals surface area contributed by atoms with Crippen LogP contribution in [-0.4, -0.2) is 15.6 Å². The van der Waals surface area contributed by atoms with Gasteiger partial charge in [0.15, 0.2) is 5.78 Å². The molecule has 0 aliphatic carbocycles. The molecule has 2 N–H and O–H groups in total. The monoisotopic (exact) mass is 270 g/mol. The molecule has 0 aliphatic rings. The Kier molecular flexibility index (Phi) is 4.84. The van der Waals surface area contributed by atoms with Crippen molar-refractivity contribution in [3.63, 3.8) is 0 Å². The summed E-state index contributed by atoms with van der Waals surface area (Å²) in [6, 6.07) is 6.46. The van der Waals surface area contributed by atoms with Gasteiger partial charge in [-0.15, -0.1) is 0 Å². The second kappa shape index (κ2) is 5.96. The van der Waals surface area contributed by atoms with Crippen LogP contribution < -0.4 is 4.52 Å². The molecular weight excluding hydrogens is 255 g/mol. The quantitative estimate of drug-likeness (QED) is 0.612. The molecular formula is C12H15O5P. The van der Waals surface area contributed by atoms with Crippen LogP contribution in [0, 0.1) is 0 Å². The lowest BCUT2D eigenvalue weighted by Gasteiger charge is -2.16. The number of hydrogen-bond donors (Lipinski definition) is 2.